The average Bonchev–Trinajstić information content (AvgIpc) is 2.39. The summed E-state index contributed by atoms with van der Waals surface area (Å²) < 4.78 is 0. The van der Waals surface area contributed by atoms with Crippen LogP contribution in [0.4, 0.5) is 0 Å². The molecule has 4 nitrogen and oxygen atoms in total. The number of likely N-dealkylation sites (tertiary alicyclic amines) is 1. The third kappa shape index (κ3) is 2.26. The van der Waals surface area contributed by atoms with Gasteiger partial charge in [0.2, 0.25) is 11.8 Å². The summed E-state index contributed by atoms with van der Waals surface area (Å²) in [5, 5.41) is 0. The fourth-order valence-electron chi connectivity index (χ4n) is 4.16. The van der Waals surface area contributed by atoms with E-state index in [9.17, 15) is 9.59 Å². The van der Waals surface area contributed by atoms with Gasteiger partial charge in [-0.05, 0) is 31.1 Å². The molecule has 106 valence electrons. The van der Waals surface area contributed by atoms with Crippen molar-refractivity contribution in [2.45, 2.75) is 45.6 Å². The van der Waals surface area contributed by atoms with Gasteiger partial charge >= 0.3 is 0 Å². The second-order valence-electron chi connectivity index (χ2n) is 6.77. The van der Waals surface area contributed by atoms with E-state index in [4.69, 9.17) is 0 Å². The SMILES string of the molecule is CC(C)C(=O)N1CC2CC(C1)[C@@H]1CCCC(=O)N1C2. The molecule has 2 amide bonds. The zero-order chi connectivity index (χ0) is 13.6. The molecule has 0 aliphatic carbocycles. The van der Waals surface area contributed by atoms with E-state index in [1.54, 1.807) is 0 Å². The number of hydrogen-bond donors (Lipinski definition) is 0. The molecular formula is C15H24N2O2. The van der Waals surface area contributed by atoms with E-state index in [0.29, 0.717) is 23.8 Å². The van der Waals surface area contributed by atoms with E-state index in [0.717, 1.165) is 38.9 Å². The highest BCUT2D eigenvalue weighted by Gasteiger charge is 2.44. The summed E-state index contributed by atoms with van der Waals surface area (Å²) in [6, 6.07) is 0.403. The Kier molecular flexibility index (Phi) is 3.27. The first-order chi connectivity index (χ1) is 9.06. The highest BCUT2D eigenvalue weighted by molar-refractivity contribution is 5.79. The highest BCUT2D eigenvalue weighted by Crippen LogP contribution is 2.38. The molecule has 3 fully saturated rings. The summed E-state index contributed by atoms with van der Waals surface area (Å²) in [5.74, 6) is 1.72. The van der Waals surface area contributed by atoms with Crippen molar-refractivity contribution in [3.8, 4) is 0 Å². The number of piperidine rings is 3. The molecule has 3 atom stereocenters. The van der Waals surface area contributed by atoms with Gasteiger partial charge in [-0.15, -0.1) is 0 Å². The zero-order valence-electron chi connectivity index (χ0n) is 12.0. The van der Waals surface area contributed by atoms with Crippen molar-refractivity contribution in [2.24, 2.45) is 17.8 Å². The lowest BCUT2D eigenvalue weighted by Gasteiger charge is -2.52. The minimum absolute atomic E-state index is 0.0860. The number of amides is 2. The van der Waals surface area contributed by atoms with Crippen LogP contribution in [0, 0.1) is 17.8 Å². The van der Waals surface area contributed by atoms with Gasteiger partial charge in [0.05, 0.1) is 0 Å². The number of carbonyl (C=O) groups is 2. The third-order valence-electron chi connectivity index (χ3n) is 4.99. The molecule has 0 saturated carbocycles. The molecule has 0 radical (unpaired) electrons. The average molecular weight is 264 g/mol. The van der Waals surface area contributed by atoms with Crippen LogP contribution in [-0.4, -0.2) is 47.3 Å². The number of hydrogen-bond acceptors (Lipinski definition) is 2. The summed E-state index contributed by atoms with van der Waals surface area (Å²) in [7, 11) is 0. The summed E-state index contributed by atoms with van der Waals surface area (Å²) in [4.78, 5) is 28.4. The molecule has 0 aromatic heterocycles. The van der Waals surface area contributed by atoms with Crippen LogP contribution in [0.15, 0.2) is 0 Å². The number of fused-ring (bicyclic) bond motifs is 4. The lowest BCUT2D eigenvalue weighted by atomic mass is 9.76. The van der Waals surface area contributed by atoms with Gasteiger partial charge in [-0.3, -0.25) is 9.59 Å². The minimum atomic E-state index is 0.0860. The van der Waals surface area contributed by atoms with E-state index < -0.39 is 0 Å². The first-order valence-corrected chi connectivity index (χ1v) is 7.64. The minimum Gasteiger partial charge on any atom is -0.342 e. The smallest absolute Gasteiger partial charge is 0.225 e. The normalized spacial score (nSPS) is 34.5. The van der Waals surface area contributed by atoms with Gasteiger partial charge in [0.15, 0.2) is 0 Å². The predicted molar refractivity (Wildman–Crippen MR) is 72.4 cm³/mol. The van der Waals surface area contributed by atoms with E-state index >= 15 is 0 Å². The summed E-state index contributed by atoms with van der Waals surface area (Å²) in [6.07, 6.45) is 4.09. The summed E-state index contributed by atoms with van der Waals surface area (Å²) in [5.41, 5.74) is 0. The van der Waals surface area contributed by atoms with E-state index in [-0.39, 0.29) is 11.8 Å². The molecule has 3 aliphatic rings. The Morgan fingerprint density at radius 2 is 2.05 bits per heavy atom. The van der Waals surface area contributed by atoms with Crippen LogP contribution in [0.25, 0.3) is 0 Å². The Morgan fingerprint density at radius 1 is 1.26 bits per heavy atom. The van der Waals surface area contributed by atoms with Crippen LogP contribution in [0.1, 0.15) is 39.5 Å². The molecule has 2 bridgehead atoms. The summed E-state index contributed by atoms with van der Waals surface area (Å²) in [6.45, 7) is 6.54. The Bertz CT molecular complexity index is 394. The molecule has 4 heteroatoms. The van der Waals surface area contributed by atoms with Crippen molar-refractivity contribution in [1.82, 2.24) is 9.80 Å². The monoisotopic (exact) mass is 264 g/mol. The topological polar surface area (TPSA) is 40.6 Å². The molecule has 2 unspecified atom stereocenters. The molecule has 3 aliphatic heterocycles. The molecule has 3 rings (SSSR count). The van der Waals surface area contributed by atoms with Gasteiger partial charge in [0.25, 0.3) is 0 Å². The van der Waals surface area contributed by atoms with Crippen molar-refractivity contribution < 1.29 is 9.59 Å². The first-order valence-electron chi connectivity index (χ1n) is 7.64. The standard InChI is InChI=1S/C15H24N2O2/c1-10(2)15(19)16-7-11-6-12(9-16)13-4-3-5-14(18)17(13)8-11/h10-13H,3-9H2,1-2H3/t11?,12?,13-/m0/s1. The van der Waals surface area contributed by atoms with Crippen molar-refractivity contribution >= 4 is 11.8 Å². The number of carbonyl (C=O) groups excluding carboxylic acids is 2. The van der Waals surface area contributed by atoms with Gasteiger partial charge in [0, 0.05) is 38.0 Å². The van der Waals surface area contributed by atoms with Crippen molar-refractivity contribution in [3.63, 3.8) is 0 Å². The maximum Gasteiger partial charge on any atom is 0.225 e. The van der Waals surface area contributed by atoms with Gasteiger partial charge in [-0.1, -0.05) is 13.8 Å². The second kappa shape index (κ2) is 4.80. The second-order valence-corrected chi connectivity index (χ2v) is 6.77. The maximum absolute atomic E-state index is 12.2. The lowest BCUT2D eigenvalue weighted by molar-refractivity contribution is -0.149. The molecular weight excluding hydrogens is 240 g/mol. The van der Waals surface area contributed by atoms with Crippen LogP contribution in [-0.2, 0) is 9.59 Å². The molecule has 3 heterocycles. The largest absolute Gasteiger partial charge is 0.342 e. The van der Waals surface area contributed by atoms with Crippen LogP contribution in [0.5, 0.6) is 0 Å². The molecule has 19 heavy (non-hydrogen) atoms. The van der Waals surface area contributed by atoms with Crippen LogP contribution in [0.2, 0.25) is 0 Å². The number of nitrogens with zero attached hydrogens (tertiary/aromatic N) is 2. The Balaban J connectivity index is 1.75. The van der Waals surface area contributed by atoms with Gasteiger partial charge in [-0.2, -0.15) is 0 Å². The van der Waals surface area contributed by atoms with Gasteiger partial charge < -0.3 is 9.80 Å². The van der Waals surface area contributed by atoms with Crippen LogP contribution in [0.3, 0.4) is 0 Å². The van der Waals surface area contributed by atoms with Crippen LogP contribution < -0.4 is 0 Å². The van der Waals surface area contributed by atoms with E-state index in [2.05, 4.69) is 9.80 Å². The Hall–Kier alpha value is -1.06. The Labute approximate surface area is 115 Å². The third-order valence-corrected chi connectivity index (χ3v) is 4.99. The molecule has 0 aromatic carbocycles. The lowest BCUT2D eigenvalue weighted by Crippen LogP contribution is -2.61. The Morgan fingerprint density at radius 3 is 2.79 bits per heavy atom. The molecule has 3 saturated heterocycles. The maximum atomic E-state index is 12.2. The first kappa shape index (κ1) is 12.9. The van der Waals surface area contributed by atoms with Crippen LogP contribution >= 0.6 is 0 Å². The number of rotatable bonds is 1. The van der Waals surface area contributed by atoms with E-state index in [1.807, 2.05) is 13.8 Å². The van der Waals surface area contributed by atoms with E-state index in [1.165, 1.54) is 6.42 Å². The van der Waals surface area contributed by atoms with Crippen molar-refractivity contribution in [1.29, 1.82) is 0 Å². The predicted octanol–water partition coefficient (Wildman–Crippen LogP) is 1.50. The molecule has 0 N–H and O–H groups in total. The van der Waals surface area contributed by atoms with Crippen molar-refractivity contribution in [2.75, 3.05) is 19.6 Å². The van der Waals surface area contributed by atoms with Gasteiger partial charge in [0.1, 0.15) is 0 Å². The fourth-order valence-corrected chi connectivity index (χ4v) is 4.16. The molecule has 0 aromatic rings. The fraction of sp³-hybridized carbons (Fsp3) is 0.867. The highest BCUT2D eigenvalue weighted by atomic mass is 16.2. The van der Waals surface area contributed by atoms with Crippen molar-refractivity contribution in [3.05, 3.63) is 0 Å². The quantitative estimate of drug-likeness (QED) is 0.720. The zero-order valence-corrected chi connectivity index (χ0v) is 12.0. The van der Waals surface area contributed by atoms with Gasteiger partial charge in [-0.25, -0.2) is 0 Å². The summed E-state index contributed by atoms with van der Waals surface area (Å²) >= 11 is 0. The molecule has 0 spiro atoms.